The molecule has 0 radical (unpaired) electrons. The van der Waals surface area contributed by atoms with Crippen LogP contribution >= 0.6 is 0 Å². The van der Waals surface area contributed by atoms with E-state index in [2.05, 4.69) is 10.4 Å². The van der Waals surface area contributed by atoms with Gasteiger partial charge in [-0.15, -0.1) is 0 Å². The van der Waals surface area contributed by atoms with Gasteiger partial charge in [0.05, 0.1) is 24.4 Å². The zero-order chi connectivity index (χ0) is 20.3. The molecule has 148 valence electrons. The molecule has 28 heavy (non-hydrogen) atoms. The number of ether oxygens (including phenoxy) is 1. The summed E-state index contributed by atoms with van der Waals surface area (Å²) >= 11 is 0. The van der Waals surface area contributed by atoms with Crippen molar-refractivity contribution < 1.29 is 19.1 Å². The molecule has 0 spiro atoms. The third-order valence-electron chi connectivity index (χ3n) is 4.60. The Labute approximate surface area is 163 Å². The Bertz CT molecular complexity index is 888. The molecule has 0 fully saturated rings. The van der Waals surface area contributed by atoms with E-state index >= 15 is 0 Å². The number of hydrogen-bond donors (Lipinski definition) is 1. The lowest BCUT2D eigenvalue weighted by atomic mass is 10.1. The summed E-state index contributed by atoms with van der Waals surface area (Å²) in [6.45, 7) is 6.29. The summed E-state index contributed by atoms with van der Waals surface area (Å²) in [6.07, 6.45) is 0.773. The smallest absolute Gasteiger partial charge is 0.338 e. The molecule has 2 amide bonds. The Hall–Kier alpha value is -3.16. The molecule has 0 bridgehead atoms. The van der Waals surface area contributed by atoms with Gasteiger partial charge < -0.3 is 10.1 Å². The first-order valence-corrected chi connectivity index (χ1v) is 9.39. The van der Waals surface area contributed by atoms with Crippen molar-refractivity contribution in [3.05, 3.63) is 41.6 Å². The van der Waals surface area contributed by atoms with Crippen LogP contribution in [-0.4, -0.2) is 40.2 Å². The van der Waals surface area contributed by atoms with Crippen molar-refractivity contribution >= 4 is 29.3 Å². The number of aryl methyl sites for hydroxylation is 2. The second-order valence-electron chi connectivity index (χ2n) is 6.59. The third kappa shape index (κ3) is 3.90. The number of nitrogens with zero attached hydrogens (tertiary/aromatic N) is 3. The molecule has 3 rings (SSSR count). The van der Waals surface area contributed by atoms with Crippen LogP contribution < -0.4 is 10.2 Å². The summed E-state index contributed by atoms with van der Waals surface area (Å²) in [6, 6.07) is 7.65. The zero-order valence-electron chi connectivity index (χ0n) is 16.3. The van der Waals surface area contributed by atoms with Crippen molar-refractivity contribution in [2.45, 2.75) is 46.2 Å². The first kappa shape index (κ1) is 19.6. The molecule has 1 atom stereocenters. The molecule has 1 aliphatic rings. The number of amides is 2. The number of benzene rings is 1. The summed E-state index contributed by atoms with van der Waals surface area (Å²) in [4.78, 5) is 38.7. The van der Waals surface area contributed by atoms with E-state index in [1.807, 2.05) is 19.9 Å². The maximum absolute atomic E-state index is 12.9. The summed E-state index contributed by atoms with van der Waals surface area (Å²) in [7, 11) is 0. The quantitative estimate of drug-likeness (QED) is 0.773. The van der Waals surface area contributed by atoms with E-state index < -0.39 is 12.0 Å². The maximum atomic E-state index is 12.9. The normalized spacial score (nSPS) is 14.4. The Morgan fingerprint density at radius 2 is 1.96 bits per heavy atom. The second kappa shape index (κ2) is 8.24. The third-order valence-corrected chi connectivity index (χ3v) is 4.60. The number of fused-ring (bicyclic) bond motifs is 1. The van der Waals surface area contributed by atoms with Crippen LogP contribution in [0.25, 0.3) is 0 Å². The molecule has 8 nitrogen and oxygen atoms in total. The topological polar surface area (TPSA) is 93.5 Å². The predicted molar refractivity (Wildman–Crippen MR) is 104 cm³/mol. The van der Waals surface area contributed by atoms with Gasteiger partial charge in [-0.25, -0.2) is 9.48 Å². The highest BCUT2D eigenvalue weighted by molar-refractivity contribution is 6.05. The van der Waals surface area contributed by atoms with Crippen molar-refractivity contribution in [3.8, 4) is 0 Å². The van der Waals surface area contributed by atoms with E-state index in [9.17, 15) is 14.4 Å². The van der Waals surface area contributed by atoms with Crippen LogP contribution in [0.5, 0.6) is 0 Å². The minimum atomic E-state index is -0.646. The van der Waals surface area contributed by atoms with Crippen molar-refractivity contribution in [2.24, 2.45) is 0 Å². The van der Waals surface area contributed by atoms with Gasteiger partial charge in [0.2, 0.25) is 11.8 Å². The van der Waals surface area contributed by atoms with Gasteiger partial charge >= 0.3 is 5.97 Å². The SMILES string of the molecule is CCOC(=O)c1ccc(NC(=O)[C@@H](CC)N2C(=O)CCn3nc(C)cc32)cc1. The van der Waals surface area contributed by atoms with E-state index in [0.29, 0.717) is 43.1 Å². The summed E-state index contributed by atoms with van der Waals surface area (Å²) in [5.41, 5.74) is 1.77. The van der Waals surface area contributed by atoms with Crippen LogP contribution in [0.3, 0.4) is 0 Å². The lowest BCUT2D eigenvalue weighted by Gasteiger charge is -2.33. The number of rotatable bonds is 6. The number of nitrogens with one attached hydrogen (secondary N) is 1. The highest BCUT2D eigenvalue weighted by atomic mass is 16.5. The van der Waals surface area contributed by atoms with Crippen molar-refractivity contribution in [3.63, 3.8) is 0 Å². The molecule has 1 aromatic heterocycles. The summed E-state index contributed by atoms with van der Waals surface area (Å²) in [5.74, 6) is -0.137. The number of carbonyl (C=O) groups is 3. The Kier molecular flexibility index (Phi) is 5.77. The van der Waals surface area contributed by atoms with Gasteiger partial charge in [-0.05, 0) is 44.5 Å². The molecular weight excluding hydrogens is 360 g/mol. The van der Waals surface area contributed by atoms with E-state index in [1.54, 1.807) is 35.9 Å². The van der Waals surface area contributed by atoms with E-state index in [0.717, 1.165) is 5.69 Å². The predicted octanol–water partition coefficient (Wildman–Crippen LogP) is 2.52. The lowest BCUT2D eigenvalue weighted by Crippen LogP contribution is -2.50. The molecular formula is C20H24N4O4. The van der Waals surface area contributed by atoms with Crippen molar-refractivity contribution in [2.75, 3.05) is 16.8 Å². The van der Waals surface area contributed by atoms with Crippen molar-refractivity contribution in [1.29, 1.82) is 0 Å². The van der Waals surface area contributed by atoms with Gasteiger partial charge in [0.15, 0.2) is 0 Å². The zero-order valence-corrected chi connectivity index (χ0v) is 16.3. The van der Waals surface area contributed by atoms with Crippen LogP contribution in [0.15, 0.2) is 30.3 Å². The van der Waals surface area contributed by atoms with Gasteiger partial charge in [0, 0.05) is 18.2 Å². The fourth-order valence-electron chi connectivity index (χ4n) is 3.29. The molecule has 2 heterocycles. The number of aromatic nitrogens is 2. The van der Waals surface area contributed by atoms with Crippen LogP contribution in [-0.2, 0) is 20.9 Å². The molecule has 1 aromatic carbocycles. The second-order valence-corrected chi connectivity index (χ2v) is 6.59. The molecule has 0 saturated heterocycles. The number of hydrogen-bond acceptors (Lipinski definition) is 5. The number of esters is 1. The molecule has 8 heteroatoms. The van der Waals surface area contributed by atoms with E-state index in [-0.39, 0.29) is 11.8 Å². The van der Waals surface area contributed by atoms with Gasteiger partial charge in [-0.1, -0.05) is 6.92 Å². The van der Waals surface area contributed by atoms with Gasteiger partial charge in [-0.3, -0.25) is 14.5 Å². The van der Waals surface area contributed by atoms with Crippen LogP contribution in [0.2, 0.25) is 0 Å². The van der Waals surface area contributed by atoms with Gasteiger partial charge in [0.25, 0.3) is 0 Å². The standard InChI is InChI=1S/C20H24N4O4/c1-4-16(24-17-12-13(3)22-23(17)11-10-18(24)25)19(26)21-15-8-6-14(7-9-15)20(27)28-5-2/h6-9,12,16H,4-5,10-11H2,1-3H3,(H,21,26)/t16-/m1/s1. The van der Waals surface area contributed by atoms with Crippen LogP contribution in [0.4, 0.5) is 11.5 Å². The molecule has 2 aromatic rings. The van der Waals surface area contributed by atoms with Gasteiger partial charge in [0.1, 0.15) is 11.9 Å². The molecule has 0 saturated carbocycles. The lowest BCUT2D eigenvalue weighted by molar-refractivity contribution is -0.124. The average molecular weight is 384 g/mol. The first-order valence-electron chi connectivity index (χ1n) is 9.39. The van der Waals surface area contributed by atoms with Crippen molar-refractivity contribution in [1.82, 2.24) is 9.78 Å². The Morgan fingerprint density at radius 3 is 2.61 bits per heavy atom. The first-order chi connectivity index (χ1) is 13.4. The van der Waals surface area contributed by atoms with Crippen LogP contribution in [0.1, 0.15) is 42.7 Å². The Balaban J connectivity index is 1.77. The molecule has 1 aliphatic heterocycles. The minimum Gasteiger partial charge on any atom is -0.462 e. The number of anilines is 2. The van der Waals surface area contributed by atoms with Crippen LogP contribution in [0, 0.1) is 6.92 Å². The fourth-order valence-corrected chi connectivity index (χ4v) is 3.29. The minimum absolute atomic E-state index is 0.0907. The highest BCUT2D eigenvalue weighted by Gasteiger charge is 2.34. The molecule has 0 unspecified atom stereocenters. The fraction of sp³-hybridized carbons (Fsp3) is 0.400. The summed E-state index contributed by atoms with van der Waals surface area (Å²) in [5, 5.41) is 7.22. The largest absolute Gasteiger partial charge is 0.462 e. The van der Waals surface area contributed by atoms with Gasteiger partial charge in [-0.2, -0.15) is 5.10 Å². The maximum Gasteiger partial charge on any atom is 0.338 e. The summed E-state index contributed by atoms with van der Waals surface area (Å²) < 4.78 is 6.72. The molecule has 0 aliphatic carbocycles. The molecule has 1 N–H and O–H groups in total. The van der Waals surface area contributed by atoms with E-state index in [4.69, 9.17) is 4.74 Å². The number of carbonyl (C=O) groups excluding carboxylic acids is 3. The highest BCUT2D eigenvalue weighted by Crippen LogP contribution is 2.26. The average Bonchev–Trinajstić information content (AvgIpc) is 3.05. The Morgan fingerprint density at radius 1 is 1.25 bits per heavy atom. The van der Waals surface area contributed by atoms with E-state index in [1.165, 1.54) is 4.90 Å². The monoisotopic (exact) mass is 384 g/mol.